The zero-order valence-corrected chi connectivity index (χ0v) is 14.0. The molecule has 1 amide bonds. The zero-order valence-electron chi connectivity index (χ0n) is 14.0. The van der Waals surface area contributed by atoms with E-state index in [4.69, 9.17) is 5.11 Å². The fraction of sp³-hybridized carbons (Fsp3) is 0.105. The topological polar surface area (TPSA) is 129 Å². The van der Waals surface area contributed by atoms with Crippen molar-refractivity contribution >= 4 is 28.5 Å². The first-order chi connectivity index (χ1) is 12.9. The Hall–Kier alpha value is -3.81. The molecule has 4 N–H and O–H groups in total. The first kappa shape index (κ1) is 18.0. The Labute approximate surface area is 152 Å². The van der Waals surface area contributed by atoms with Crippen LogP contribution in [0.3, 0.4) is 0 Å². The van der Waals surface area contributed by atoms with E-state index in [2.05, 4.69) is 5.32 Å². The van der Waals surface area contributed by atoms with Crippen LogP contribution in [0, 0.1) is 0 Å². The van der Waals surface area contributed by atoms with Gasteiger partial charge < -0.3 is 25.2 Å². The maximum Gasteiger partial charge on any atom is 0.339 e. The highest BCUT2D eigenvalue weighted by molar-refractivity contribution is 5.99. The summed E-state index contributed by atoms with van der Waals surface area (Å²) in [4.78, 5) is 35.4. The highest BCUT2D eigenvalue weighted by Gasteiger charge is 2.19. The van der Waals surface area contributed by atoms with Gasteiger partial charge in [-0.3, -0.25) is 9.59 Å². The maximum absolute atomic E-state index is 12.2. The van der Waals surface area contributed by atoms with Gasteiger partial charge in [0.15, 0.2) is 5.75 Å². The van der Waals surface area contributed by atoms with Crippen LogP contribution in [0.2, 0.25) is 0 Å². The maximum atomic E-state index is 12.2. The van der Waals surface area contributed by atoms with Crippen LogP contribution in [-0.4, -0.2) is 31.8 Å². The van der Waals surface area contributed by atoms with E-state index in [0.29, 0.717) is 5.52 Å². The molecule has 8 nitrogen and oxygen atoms in total. The summed E-state index contributed by atoms with van der Waals surface area (Å²) < 4.78 is 1.45. The van der Waals surface area contributed by atoms with Crippen molar-refractivity contribution in [1.29, 1.82) is 0 Å². The fourth-order valence-electron chi connectivity index (χ4n) is 2.77. The summed E-state index contributed by atoms with van der Waals surface area (Å²) in [6.07, 6.45) is -0.121. The molecule has 3 aromatic rings. The van der Waals surface area contributed by atoms with E-state index >= 15 is 0 Å². The molecule has 8 heteroatoms. The van der Waals surface area contributed by atoms with Crippen molar-refractivity contribution in [1.82, 2.24) is 4.57 Å². The second-order valence-electron chi connectivity index (χ2n) is 5.84. The summed E-state index contributed by atoms with van der Waals surface area (Å²) in [5.74, 6) is -3.19. The van der Waals surface area contributed by atoms with Gasteiger partial charge in [-0.25, -0.2) is 4.79 Å². The third-order valence-corrected chi connectivity index (χ3v) is 4.11. The Balaban J connectivity index is 1.81. The average Bonchev–Trinajstić information content (AvgIpc) is 2.64. The Morgan fingerprint density at radius 3 is 2.48 bits per heavy atom. The molecule has 1 aromatic heterocycles. The number of hydrogen-bond acceptors (Lipinski definition) is 5. The van der Waals surface area contributed by atoms with Gasteiger partial charge in [-0.2, -0.15) is 0 Å². The first-order valence-electron chi connectivity index (χ1n) is 8.05. The number of pyridine rings is 1. The molecule has 0 unspecified atom stereocenters. The summed E-state index contributed by atoms with van der Waals surface area (Å²) in [6, 6.07) is 12.4. The van der Waals surface area contributed by atoms with E-state index in [1.54, 1.807) is 18.2 Å². The summed E-state index contributed by atoms with van der Waals surface area (Å²) in [5.41, 5.74) is -0.421. The van der Waals surface area contributed by atoms with Gasteiger partial charge in [-0.1, -0.05) is 18.2 Å². The number of aromatic nitrogens is 1. The molecule has 0 bridgehead atoms. The van der Waals surface area contributed by atoms with Gasteiger partial charge >= 0.3 is 5.97 Å². The number of aromatic carboxylic acids is 1. The smallest absolute Gasteiger partial charge is 0.339 e. The lowest BCUT2D eigenvalue weighted by molar-refractivity contribution is -0.116. The number of carbonyl (C=O) groups is 2. The van der Waals surface area contributed by atoms with E-state index in [0.717, 1.165) is 17.5 Å². The first-order valence-corrected chi connectivity index (χ1v) is 8.05. The van der Waals surface area contributed by atoms with Crippen molar-refractivity contribution in [3.8, 4) is 11.5 Å². The molecular weight excluding hydrogens is 352 g/mol. The van der Waals surface area contributed by atoms with E-state index in [1.165, 1.54) is 10.6 Å². The van der Waals surface area contributed by atoms with Crippen molar-refractivity contribution in [3.05, 3.63) is 64.4 Å². The van der Waals surface area contributed by atoms with Gasteiger partial charge in [-0.15, -0.1) is 0 Å². The van der Waals surface area contributed by atoms with Gasteiger partial charge in [-0.05, 0) is 29.7 Å². The molecule has 0 aliphatic carbocycles. The number of aromatic hydroxyl groups is 2. The van der Waals surface area contributed by atoms with Crippen LogP contribution in [0.15, 0.2) is 53.3 Å². The SMILES string of the molecule is O=C(CCn1c(=O)ccc2ccccc21)Nc1c(O)ccc(C(=O)O)c1O. The Bertz CT molecular complexity index is 1100. The minimum atomic E-state index is -1.40. The quantitative estimate of drug-likeness (QED) is 0.511. The number of anilines is 1. The lowest BCUT2D eigenvalue weighted by atomic mass is 10.1. The molecule has 2 aromatic carbocycles. The highest BCUT2D eigenvalue weighted by Crippen LogP contribution is 2.36. The predicted molar refractivity (Wildman–Crippen MR) is 98.2 cm³/mol. The average molecular weight is 368 g/mol. The molecular formula is C19H16N2O6. The number of fused-ring (bicyclic) bond motifs is 1. The Kier molecular flexibility index (Phi) is 4.80. The van der Waals surface area contributed by atoms with Gasteiger partial charge in [0.1, 0.15) is 17.0 Å². The van der Waals surface area contributed by atoms with E-state index in [9.17, 15) is 24.6 Å². The summed E-state index contributed by atoms with van der Waals surface area (Å²) >= 11 is 0. The van der Waals surface area contributed by atoms with Crippen LogP contribution in [0.1, 0.15) is 16.8 Å². The van der Waals surface area contributed by atoms with Crippen molar-refractivity contribution in [3.63, 3.8) is 0 Å². The van der Waals surface area contributed by atoms with Crippen molar-refractivity contribution in [2.45, 2.75) is 13.0 Å². The molecule has 0 saturated carbocycles. The normalized spacial score (nSPS) is 10.7. The van der Waals surface area contributed by atoms with Crippen LogP contribution >= 0.6 is 0 Å². The monoisotopic (exact) mass is 368 g/mol. The Morgan fingerprint density at radius 1 is 1.00 bits per heavy atom. The zero-order chi connectivity index (χ0) is 19.6. The van der Waals surface area contributed by atoms with Crippen molar-refractivity contribution < 1.29 is 24.9 Å². The van der Waals surface area contributed by atoms with E-state index in [1.807, 2.05) is 12.1 Å². The molecule has 0 saturated heterocycles. The van der Waals surface area contributed by atoms with Crippen molar-refractivity contribution in [2.24, 2.45) is 0 Å². The highest BCUT2D eigenvalue weighted by atomic mass is 16.4. The molecule has 1 heterocycles. The number of carbonyl (C=O) groups excluding carboxylic acids is 1. The van der Waals surface area contributed by atoms with Crippen LogP contribution in [0.25, 0.3) is 10.9 Å². The molecule has 0 spiro atoms. The van der Waals surface area contributed by atoms with Crippen LogP contribution < -0.4 is 10.9 Å². The lowest BCUT2D eigenvalue weighted by Crippen LogP contribution is -2.23. The minimum absolute atomic E-state index is 0.0756. The second-order valence-corrected chi connectivity index (χ2v) is 5.84. The van der Waals surface area contributed by atoms with Crippen LogP contribution in [0.4, 0.5) is 5.69 Å². The van der Waals surface area contributed by atoms with E-state index in [-0.39, 0.29) is 24.2 Å². The fourth-order valence-corrected chi connectivity index (χ4v) is 2.77. The second kappa shape index (κ2) is 7.20. The van der Waals surface area contributed by atoms with Gasteiger partial charge in [0.2, 0.25) is 5.91 Å². The Morgan fingerprint density at radius 2 is 1.74 bits per heavy atom. The number of carboxylic acids is 1. The summed E-state index contributed by atoms with van der Waals surface area (Å²) in [6.45, 7) is 0.0756. The number of phenolic OH excluding ortho intramolecular Hbond substituents is 1. The van der Waals surface area contributed by atoms with Gasteiger partial charge in [0, 0.05) is 19.0 Å². The lowest BCUT2D eigenvalue weighted by Gasteiger charge is -2.12. The van der Waals surface area contributed by atoms with Gasteiger partial charge in [0.25, 0.3) is 5.56 Å². The van der Waals surface area contributed by atoms with Crippen LogP contribution in [0.5, 0.6) is 11.5 Å². The molecule has 0 fully saturated rings. The number of aryl methyl sites for hydroxylation is 1. The largest absolute Gasteiger partial charge is 0.506 e. The van der Waals surface area contributed by atoms with Crippen LogP contribution in [-0.2, 0) is 11.3 Å². The molecule has 3 rings (SSSR count). The number of nitrogens with zero attached hydrogens (tertiary/aromatic N) is 1. The van der Waals surface area contributed by atoms with Crippen molar-refractivity contribution in [2.75, 3.05) is 5.32 Å². The van der Waals surface area contributed by atoms with Gasteiger partial charge in [0.05, 0.1) is 5.52 Å². The minimum Gasteiger partial charge on any atom is -0.506 e. The van der Waals surface area contributed by atoms with E-state index < -0.39 is 28.9 Å². The number of phenols is 2. The standard InChI is InChI=1S/C19H16N2O6/c22-14-7-6-12(19(26)27)18(25)17(14)20-15(23)9-10-21-13-4-2-1-3-11(13)5-8-16(21)24/h1-8,22,25H,9-10H2,(H,20,23)(H,26,27). The predicted octanol–water partition coefficient (Wildman–Crippen LogP) is 2.14. The number of nitrogens with one attached hydrogen (secondary N) is 1. The number of para-hydroxylation sites is 1. The molecule has 0 atom stereocenters. The molecule has 27 heavy (non-hydrogen) atoms. The third kappa shape index (κ3) is 3.59. The molecule has 0 aliphatic rings. The third-order valence-electron chi connectivity index (χ3n) is 4.11. The molecule has 138 valence electrons. The molecule has 0 radical (unpaired) electrons. The summed E-state index contributed by atoms with van der Waals surface area (Å²) in [7, 11) is 0. The number of benzene rings is 2. The molecule has 0 aliphatic heterocycles. The number of amides is 1. The summed E-state index contributed by atoms with van der Waals surface area (Å²) in [5, 5.41) is 31.9. The number of rotatable bonds is 5. The number of hydrogen-bond donors (Lipinski definition) is 4. The number of carboxylic acid groups (broad SMARTS) is 1.